The molecule has 1 amide bonds. The summed E-state index contributed by atoms with van der Waals surface area (Å²) < 4.78 is 17.5. The van der Waals surface area contributed by atoms with Gasteiger partial charge in [-0.2, -0.15) is 5.10 Å². The summed E-state index contributed by atoms with van der Waals surface area (Å²) in [6.45, 7) is 5.09. The molecule has 2 aromatic rings. The number of piperidine rings is 1. The summed E-state index contributed by atoms with van der Waals surface area (Å²) in [6.07, 6.45) is 1.41. The highest BCUT2D eigenvalue weighted by atomic mass is 16.5. The second-order valence-electron chi connectivity index (χ2n) is 6.93. The second kappa shape index (κ2) is 8.98. The summed E-state index contributed by atoms with van der Waals surface area (Å²) in [5.41, 5.74) is 1.74. The van der Waals surface area contributed by atoms with E-state index in [4.69, 9.17) is 14.2 Å². The van der Waals surface area contributed by atoms with Crippen LogP contribution in [-0.2, 0) is 4.74 Å². The molecule has 156 valence electrons. The van der Waals surface area contributed by atoms with Crippen molar-refractivity contribution in [1.29, 1.82) is 0 Å². The molecule has 29 heavy (non-hydrogen) atoms. The van der Waals surface area contributed by atoms with E-state index in [-0.39, 0.29) is 17.9 Å². The number of aryl methyl sites for hydroxylation is 1. The second-order valence-corrected chi connectivity index (χ2v) is 6.93. The number of carbonyl (C=O) groups is 2. The van der Waals surface area contributed by atoms with Gasteiger partial charge in [-0.1, -0.05) is 0 Å². The quantitative estimate of drug-likeness (QED) is 0.692. The SMILES string of the molecule is CCOC(=O)c1cc(C)nn1C1CCN(C(=O)c2ccc(OC)cc2OC)CC1. The molecule has 1 aliphatic rings. The Hall–Kier alpha value is -3.03. The number of aromatic nitrogens is 2. The fourth-order valence-corrected chi connectivity index (χ4v) is 3.61. The van der Waals surface area contributed by atoms with Gasteiger partial charge in [-0.3, -0.25) is 9.48 Å². The first-order valence-electron chi connectivity index (χ1n) is 9.73. The molecule has 8 heteroatoms. The summed E-state index contributed by atoms with van der Waals surface area (Å²) in [6, 6.07) is 6.98. The number of rotatable bonds is 6. The summed E-state index contributed by atoms with van der Waals surface area (Å²) in [5.74, 6) is 0.682. The molecule has 0 saturated carbocycles. The average molecular weight is 401 g/mol. The van der Waals surface area contributed by atoms with E-state index in [1.807, 2.05) is 6.92 Å². The Morgan fingerprint density at radius 2 is 1.86 bits per heavy atom. The van der Waals surface area contributed by atoms with Crippen molar-refractivity contribution in [2.24, 2.45) is 0 Å². The van der Waals surface area contributed by atoms with Gasteiger partial charge in [-0.25, -0.2) is 4.79 Å². The molecule has 8 nitrogen and oxygen atoms in total. The largest absolute Gasteiger partial charge is 0.497 e. The van der Waals surface area contributed by atoms with Gasteiger partial charge in [0.2, 0.25) is 0 Å². The fraction of sp³-hybridized carbons (Fsp3) is 0.476. The van der Waals surface area contributed by atoms with Gasteiger partial charge in [0.05, 0.1) is 38.1 Å². The molecule has 0 N–H and O–H groups in total. The fourth-order valence-electron chi connectivity index (χ4n) is 3.61. The Morgan fingerprint density at radius 1 is 1.14 bits per heavy atom. The molecule has 0 atom stereocenters. The Kier molecular flexibility index (Phi) is 6.41. The van der Waals surface area contributed by atoms with Crippen molar-refractivity contribution in [3.8, 4) is 11.5 Å². The third kappa shape index (κ3) is 4.36. The predicted molar refractivity (Wildman–Crippen MR) is 107 cm³/mol. The lowest BCUT2D eigenvalue weighted by Crippen LogP contribution is -2.39. The van der Waals surface area contributed by atoms with Crippen LogP contribution in [0, 0.1) is 6.92 Å². The summed E-state index contributed by atoms with van der Waals surface area (Å²) >= 11 is 0. The van der Waals surface area contributed by atoms with E-state index in [9.17, 15) is 9.59 Å². The topological polar surface area (TPSA) is 82.9 Å². The molecule has 2 heterocycles. The lowest BCUT2D eigenvalue weighted by Gasteiger charge is -2.33. The van der Waals surface area contributed by atoms with Gasteiger partial charge in [0, 0.05) is 19.2 Å². The van der Waals surface area contributed by atoms with Gasteiger partial charge >= 0.3 is 5.97 Å². The van der Waals surface area contributed by atoms with Crippen molar-refractivity contribution in [2.75, 3.05) is 33.9 Å². The number of hydrogen-bond acceptors (Lipinski definition) is 6. The highest BCUT2D eigenvalue weighted by Gasteiger charge is 2.29. The molecular formula is C21H27N3O5. The van der Waals surface area contributed by atoms with Gasteiger partial charge in [0.15, 0.2) is 0 Å². The van der Waals surface area contributed by atoms with Crippen molar-refractivity contribution in [3.63, 3.8) is 0 Å². The molecule has 1 aromatic heterocycles. The molecule has 1 saturated heterocycles. The Bertz CT molecular complexity index is 884. The molecule has 0 spiro atoms. The van der Waals surface area contributed by atoms with E-state index in [1.165, 1.54) is 7.11 Å². The smallest absolute Gasteiger partial charge is 0.356 e. The number of nitrogens with zero attached hydrogens (tertiary/aromatic N) is 3. The highest BCUT2D eigenvalue weighted by molar-refractivity contribution is 5.97. The molecule has 0 aliphatic carbocycles. The lowest BCUT2D eigenvalue weighted by molar-refractivity contribution is 0.0498. The van der Waals surface area contributed by atoms with Crippen molar-refractivity contribution in [3.05, 3.63) is 41.2 Å². The van der Waals surface area contributed by atoms with E-state index in [0.717, 1.165) is 5.69 Å². The zero-order valence-corrected chi connectivity index (χ0v) is 17.3. The first-order chi connectivity index (χ1) is 14.0. The zero-order chi connectivity index (χ0) is 21.0. The van der Waals surface area contributed by atoms with Gasteiger partial charge in [-0.15, -0.1) is 0 Å². The van der Waals surface area contributed by atoms with Crippen LogP contribution in [0.15, 0.2) is 24.3 Å². The van der Waals surface area contributed by atoms with Crippen LogP contribution in [0.5, 0.6) is 11.5 Å². The molecule has 0 bridgehead atoms. The first-order valence-corrected chi connectivity index (χ1v) is 9.73. The maximum absolute atomic E-state index is 13.0. The minimum absolute atomic E-state index is 0.0462. The Labute approximate surface area is 170 Å². The third-order valence-corrected chi connectivity index (χ3v) is 5.08. The molecule has 1 fully saturated rings. The van der Waals surface area contributed by atoms with Crippen molar-refractivity contribution < 1.29 is 23.8 Å². The van der Waals surface area contributed by atoms with Crippen LogP contribution < -0.4 is 9.47 Å². The number of methoxy groups -OCH3 is 2. The minimum Gasteiger partial charge on any atom is -0.497 e. The Morgan fingerprint density at radius 3 is 2.48 bits per heavy atom. The van der Waals surface area contributed by atoms with Gasteiger partial charge in [0.25, 0.3) is 5.91 Å². The van der Waals surface area contributed by atoms with Crippen LogP contribution in [0.1, 0.15) is 52.3 Å². The number of ether oxygens (including phenoxy) is 3. The van der Waals surface area contributed by atoms with E-state index >= 15 is 0 Å². The number of esters is 1. The molecule has 0 unspecified atom stereocenters. The first kappa shape index (κ1) is 20.7. The molecule has 1 aromatic carbocycles. The van der Waals surface area contributed by atoms with Crippen molar-refractivity contribution in [2.45, 2.75) is 32.7 Å². The minimum atomic E-state index is -0.366. The molecule has 1 aliphatic heterocycles. The van der Waals surface area contributed by atoms with Crippen molar-refractivity contribution >= 4 is 11.9 Å². The summed E-state index contributed by atoms with van der Waals surface area (Å²) in [4.78, 5) is 27.0. The number of hydrogen-bond donors (Lipinski definition) is 0. The highest BCUT2D eigenvalue weighted by Crippen LogP contribution is 2.29. The number of carbonyl (C=O) groups excluding carboxylic acids is 2. The normalized spacial score (nSPS) is 14.6. The van der Waals surface area contributed by atoms with Gasteiger partial charge < -0.3 is 19.1 Å². The van der Waals surface area contributed by atoms with Crippen molar-refractivity contribution in [1.82, 2.24) is 14.7 Å². The predicted octanol–water partition coefficient (Wildman–Crippen LogP) is 2.86. The van der Waals surface area contributed by atoms with Crippen LogP contribution >= 0.6 is 0 Å². The van der Waals surface area contributed by atoms with E-state index < -0.39 is 0 Å². The van der Waals surface area contributed by atoms with Crippen LogP contribution in [0.2, 0.25) is 0 Å². The standard InChI is InChI=1S/C21H27N3O5/c1-5-29-21(26)18-12-14(2)22-24(18)15-8-10-23(11-9-15)20(25)17-7-6-16(27-3)13-19(17)28-4/h6-7,12-13,15H,5,8-11H2,1-4H3. The average Bonchev–Trinajstić information content (AvgIpc) is 3.15. The van der Waals surface area contributed by atoms with Gasteiger partial charge in [0.1, 0.15) is 17.2 Å². The number of benzene rings is 1. The monoisotopic (exact) mass is 401 g/mol. The Balaban J connectivity index is 1.71. The van der Waals surface area contributed by atoms with Crippen LogP contribution in [0.4, 0.5) is 0 Å². The van der Waals surface area contributed by atoms with E-state index in [1.54, 1.807) is 47.9 Å². The zero-order valence-electron chi connectivity index (χ0n) is 17.3. The van der Waals surface area contributed by atoms with Crippen LogP contribution in [-0.4, -0.2) is 60.5 Å². The van der Waals surface area contributed by atoms with Crippen LogP contribution in [0.3, 0.4) is 0 Å². The maximum atomic E-state index is 13.0. The molecule has 3 rings (SSSR count). The molecule has 0 radical (unpaired) electrons. The molecular weight excluding hydrogens is 374 g/mol. The third-order valence-electron chi connectivity index (χ3n) is 5.08. The lowest BCUT2D eigenvalue weighted by atomic mass is 10.0. The number of likely N-dealkylation sites (tertiary alicyclic amines) is 1. The van der Waals surface area contributed by atoms with Gasteiger partial charge in [-0.05, 0) is 44.9 Å². The van der Waals surface area contributed by atoms with Crippen LogP contribution in [0.25, 0.3) is 0 Å². The van der Waals surface area contributed by atoms with E-state index in [0.29, 0.717) is 55.3 Å². The number of amides is 1. The summed E-state index contributed by atoms with van der Waals surface area (Å²) in [5, 5.41) is 4.49. The summed E-state index contributed by atoms with van der Waals surface area (Å²) in [7, 11) is 3.11. The van der Waals surface area contributed by atoms with E-state index in [2.05, 4.69) is 5.10 Å². The maximum Gasteiger partial charge on any atom is 0.356 e.